The Morgan fingerprint density at radius 1 is 0.914 bits per heavy atom. The standard InChI is InChI=1S/C27H36N4O4/c1-28(2)25(32)18-29-12-14-30(15-13-29)26(33)19-31-11-10-21-16-23(34-3)24(35-4)17-22(21)27(31)20-8-6-5-7-9-20/h5-9,16-17,27H,10-15,18-19H2,1-4H3. The van der Waals surface area contributed by atoms with Gasteiger partial charge >= 0.3 is 0 Å². The first-order valence-electron chi connectivity index (χ1n) is 12.1. The molecule has 2 aliphatic rings. The molecule has 0 N–H and O–H groups in total. The zero-order valence-electron chi connectivity index (χ0n) is 21.2. The van der Waals surface area contributed by atoms with E-state index in [9.17, 15) is 9.59 Å². The molecule has 1 unspecified atom stereocenters. The number of piperazine rings is 1. The van der Waals surface area contributed by atoms with Gasteiger partial charge in [-0.15, -0.1) is 0 Å². The first kappa shape index (κ1) is 25.0. The van der Waals surface area contributed by atoms with Crippen molar-refractivity contribution < 1.29 is 19.1 Å². The van der Waals surface area contributed by atoms with E-state index in [1.165, 1.54) is 5.56 Å². The number of ether oxygens (including phenoxy) is 2. The quantitative estimate of drug-likeness (QED) is 0.603. The van der Waals surface area contributed by atoms with Crippen molar-refractivity contribution in [2.75, 3.05) is 74.1 Å². The molecule has 2 aromatic carbocycles. The zero-order valence-corrected chi connectivity index (χ0v) is 21.2. The van der Waals surface area contributed by atoms with Crippen molar-refractivity contribution in [2.45, 2.75) is 12.5 Å². The normalized spacial score (nSPS) is 18.6. The SMILES string of the molecule is COc1cc2c(cc1OC)C(c1ccccc1)N(CC(=O)N1CCN(CC(=O)N(C)C)CC1)CC2. The first-order valence-corrected chi connectivity index (χ1v) is 12.1. The molecule has 188 valence electrons. The molecular weight excluding hydrogens is 444 g/mol. The van der Waals surface area contributed by atoms with Crippen LogP contribution < -0.4 is 9.47 Å². The van der Waals surface area contributed by atoms with E-state index in [1.807, 2.05) is 23.1 Å². The highest BCUT2D eigenvalue weighted by Crippen LogP contribution is 2.40. The number of nitrogens with zero attached hydrogens (tertiary/aromatic N) is 4. The Kier molecular flexibility index (Phi) is 7.93. The Morgan fingerprint density at radius 2 is 1.57 bits per heavy atom. The molecular formula is C27H36N4O4. The number of hydrogen-bond donors (Lipinski definition) is 0. The highest BCUT2D eigenvalue weighted by Gasteiger charge is 2.33. The van der Waals surface area contributed by atoms with Gasteiger partial charge in [0.05, 0.1) is 33.4 Å². The summed E-state index contributed by atoms with van der Waals surface area (Å²) in [7, 11) is 6.85. The average Bonchev–Trinajstić information content (AvgIpc) is 2.88. The van der Waals surface area contributed by atoms with Crippen LogP contribution >= 0.6 is 0 Å². The van der Waals surface area contributed by atoms with Crippen molar-refractivity contribution in [3.63, 3.8) is 0 Å². The van der Waals surface area contributed by atoms with Gasteiger partial charge in [-0.3, -0.25) is 19.4 Å². The van der Waals surface area contributed by atoms with Gasteiger partial charge in [-0.2, -0.15) is 0 Å². The summed E-state index contributed by atoms with van der Waals surface area (Å²) in [6, 6.07) is 14.4. The van der Waals surface area contributed by atoms with Crippen molar-refractivity contribution in [3.8, 4) is 11.5 Å². The lowest BCUT2D eigenvalue weighted by Crippen LogP contribution is -2.53. The largest absolute Gasteiger partial charge is 0.493 e. The lowest BCUT2D eigenvalue weighted by molar-refractivity contribution is -0.135. The molecule has 8 heteroatoms. The maximum absolute atomic E-state index is 13.4. The highest BCUT2D eigenvalue weighted by atomic mass is 16.5. The Bertz CT molecular complexity index is 1030. The number of benzene rings is 2. The van der Waals surface area contributed by atoms with Crippen molar-refractivity contribution in [1.29, 1.82) is 0 Å². The molecule has 2 aromatic rings. The highest BCUT2D eigenvalue weighted by molar-refractivity contribution is 5.79. The first-order chi connectivity index (χ1) is 16.9. The van der Waals surface area contributed by atoms with Crippen LogP contribution in [0, 0.1) is 0 Å². The number of fused-ring (bicyclic) bond motifs is 1. The van der Waals surface area contributed by atoms with Crippen LogP contribution in [0.3, 0.4) is 0 Å². The van der Waals surface area contributed by atoms with E-state index in [0.29, 0.717) is 45.0 Å². The van der Waals surface area contributed by atoms with Gasteiger partial charge in [-0.25, -0.2) is 0 Å². The maximum Gasteiger partial charge on any atom is 0.236 e. The predicted octanol–water partition coefficient (Wildman–Crippen LogP) is 1.88. The Labute approximate surface area is 208 Å². The Balaban J connectivity index is 1.50. The van der Waals surface area contributed by atoms with Crippen LogP contribution in [-0.4, -0.2) is 106 Å². The van der Waals surface area contributed by atoms with Crippen molar-refractivity contribution >= 4 is 11.8 Å². The molecule has 2 heterocycles. The van der Waals surface area contributed by atoms with Crippen molar-refractivity contribution in [3.05, 3.63) is 59.2 Å². The van der Waals surface area contributed by atoms with Crippen LogP contribution in [0.25, 0.3) is 0 Å². The monoisotopic (exact) mass is 480 g/mol. The number of rotatable bonds is 7. The van der Waals surface area contributed by atoms with Crippen LogP contribution in [0.15, 0.2) is 42.5 Å². The smallest absolute Gasteiger partial charge is 0.236 e. The van der Waals surface area contributed by atoms with E-state index >= 15 is 0 Å². The molecule has 4 rings (SSSR count). The lowest BCUT2D eigenvalue weighted by Gasteiger charge is -2.40. The summed E-state index contributed by atoms with van der Waals surface area (Å²) in [5, 5.41) is 0. The number of amides is 2. The summed E-state index contributed by atoms with van der Waals surface area (Å²) in [5.41, 5.74) is 3.53. The van der Waals surface area contributed by atoms with Gasteiger partial charge in [0.2, 0.25) is 11.8 Å². The second kappa shape index (κ2) is 11.1. The van der Waals surface area contributed by atoms with E-state index in [0.717, 1.165) is 29.8 Å². The van der Waals surface area contributed by atoms with Gasteiger partial charge in [0.25, 0.3) is 0 Å². The van der Waals surface area contributed by atoms with Gasteiger partial charge in [-0.05, 0) is 35.2 Å². The van der Waals surface area contributed by atoms with Crippen LogP contribution in [0.4, 0.5) is 0 Å². The fourth-order valence-corrected chi connectivity index (χ4v) is 4.96. The summed E-state index contributed by atoms with van der Waals surface area (Å²) >= 11 is 0. The van der Waals surface area contributed by atoms with Gasteiger partial charge in [0, 0.05) is 46.8 Å². The summed E-state index contributed by atoms with van der Waals surface area (Å²) in [4.78, 5) is 33.3. The summed E-state index contributed by atoms with van der Waals surface area (Å²) < 4.78 is 11.1. The van der Waals surface area contributed by atoms with Crippen LogP contribution in [-0.2, 0) is 16.0 Å². The molecule has 2 amide bonds. The summed E-state index contributed by atoms with van der Waals surface area (Å²) in [6.07, 6.45) is 0.840. The molecule has 0 radical (unpaired) electrons. The van der Waals surface area contributed by atoms with E-state index < -0.39 is 0 Å². The maximum atomic E-state index is 13.4. The molecule has 0 bridgehead atoms. The molecule has 8 nitrogen and oxygen atoms in total. The topological polar surface area (TPSA) is 65.6 Å². The van der Waals surface area contributed by atoms with Crippen molar-refractivity contribution in [1.82, 2.24) is 19.6 Å². The van der Waals surface area contributed by atoms with Gasteiger partial charge in [0.15, 0.2) is 11.5 Å². The third kappa shape index (κ3) is 5.60. The number of likely N-dealkylation sites (N-methyl/N-ethyl adjacent to an activating group) is 1. The third-order valence-electron chi connectivity index (χ3n) is 7.01. The summed E-state index contributed by atoms with van der Waals surface area (Å²) in [6.45, 7) is 4.25. The van der Waals surface area contributed by atoms with Crippen LogP contribution in [0.2, 0.25) is 0 Å². The van der Waals surface area contributed by atoms with E-state index in [2.05, 4.69) is 34.1 Å². The second-order valence-electron chi connectivity index (χ2n) is 9.38. The van der Waals surface area contributed by atoms with Gasteiger partial charge in [0.1, 0.15) is 0 Å². The molecule has 0 spiro atoms. The second-order valence-corrected chi connectivity index (χ2v) is 9.38. The molecule has 35 heavy (non-hydrogen) atoms. The molecule has 0 aliphatic carbocycles. The van der Waals surface area contributed by atoms with E-state index in [1.54, 1.807) is 33.2 Å². The van der Waals surface area contributed by atoms with Crippen molar-refractivity contribution in [2.24, 2.45) is 0 Å². The molecule has 1 atom stereocenters. The number of carbonyl (C=O) groups excluding carboxylic acids is 2. The average molecular weight is 481 g/mol. The summed E-state index contributed by atoms with van der Waals surface area (Å²) in [5.74, 6) is 1.65. The number of methoxy groups -OCH3 is 2. The fourth-order valence-electron chi connectivity index (χ4n) is 4.96. The molecule has 0 aromatic heterocycles. The third-order valence-corrected chi connectivity index (χ3v) is 7.01. The van der Waals surface area contributed by atoms with Gasteiger partial charge < -0.3 is 19.3 Å². The Morgan fingerprint density at radius 3 is 2.20 bits per heavy atom. The number of hydrogen-bond acceptors (Lipinski definition) is 6. The molecule has 1 saturated heterocycles. The molecule has 1 fully saturated rings. The minimum Gasteiger partial charge on any atom is -0.493 e. The molecule has 0 saturated carbocycles. The predicted molar refractivity (Wildman–Crippen MR) is 135 cm³/mol. The fraction of sp³-hybridized carbons (Fsp3) is 0.481. The molecule has 2 aliphatic heterocycles. The van der Waals surface area contributed by atoms with Crippen LogP contribution in [0.1, 0.15) is 22.7 Å². The lowest BCUT2D eigenvalue weighted by atomic mass is 9.87. The number of carbonyl (C=O) groups is 2. The minimum atomic E-state index is -0.0392. The minimum absolute atomic E-state index is 0.0392. The Hall–Kier alpha value is -3.10. The zero-order chi connectivity index (χ0) is 24.9. The van der Waals surface area contributed by atoms with E-state index in [-0.39, 0.29) is 17.9 Å². The van der Waals surface area contributed by atoms with E-state index in [4.69, 9.17) is 9.47 Å². The van der Waals surface area contributed by atoms with Crippen LogP contribution in [0.5, 0.6) is 11.5 Å². The van der Waals surface area contributed by atoms with Gasteiger partial charge in [-0.1, -0.05) is 30.3 Å².